The predicted molar refractivity (Wildman–Crippen MR) is 94.1 cm³/mol. The molecule has 0 saturated heterocycles. The molecule has 2 aromatic heterocycles. The van der Waals surface area contributed by atoms with Crippen LogP contribution in [0, 0.1) is 11.8 Å². The predicted octanol–water partition coefficient (Wildman–Crippen LogP) is 2.33. The fraction of sp³-hybridized carbons (Fsp3) is 0.500. The second-order valence-electron chi connectivity index (χ2n) is 7.27. The highest BCUT2D eigenvalue weighted by Gasteiger charge is 2.50. The van der Waals surface area contributed by atoms with Crippen LogP contribution < -0.4 is 5.32 Å². The van der Waals surface area contributed by atoms with Gasteiger partial charge in [-0.25, -0.2) is 9.67 Å². The number of aliphatic hydroxyl groups excluding tert-OH is 1. The molecule has 7 heteroatoms. The molecule has 2 aliphatic carbocycles. The van der Waals surface area contributed by atoms with E-state index in [-0.39, 0.29) is 24.5 Å². The van der Waals surface area contributed by atoms with Crippen molar-refractivity contribution in [2.75, 3.05) is 6.61 Å². The largest absolute Gasteiger partial charge is 0.394 e. The summed E-state index contributed by atoms with van der Waals surface area (Å²) >= 11 is 6.10. The lowest BCUT2D eigenvalue weighted by Crippen LogP contribution is -2.41. The summed E-state index contributed by atoms with van der Waals surface area (Å²) in [5, 5.41) is 17.5. The van der Waals surface area contributed by atoms with E-state index >= 15 is 0 Å². The first-order valence-electron chi connectivity index (χ1n) is 8.65. The second kappa shape index (κ2) is 6.11. The van der Waals surface area contributed by atoms with Gasteiger partial charge in [-0.2, -0.15) is 5.10 Å². The Kier molecular flexibility index (Phi) is 4.04. The third kappa shape index (κ3) is 2.83. The van der Waals surface area contributed by atoms with Gasteiger partial charge in [0.25, 0.3) is 5.91 Å². The van der Waals surface area contributed by atoms with Crippen molar-refractivity contribution in [1.82, 2.24) is 20.1 Å². The van der Waals surface area contributed by atoms with Gasteiger partial charge in [0, 0.05) is 28.8 Å². The van der Waals surface area contributed by atoms with Gasteiger partial charge in [-0.1, -0.05) is 25.4 Å². The highest BCUT2D eigenvalue weighted by atomic mass is 35.5. The molecule has 1 amide bonds. The average molecular weight is 361 g/mol. The first kappa shape index (κ1) is 16.5. The number of nitrogens with zero attached hydrogens (tertiary/aromatic N) is 3. The molecular weight excluding hydrogens is 340 g/mol. The topological polar surface area (TPSA) is 80.0 Å². The zero-order valence-electron chi connectivity index (χ0n) is 14.2. The smallest absolute Gasteiger partial charge is 0.272 e. The molecule has 4 rings (SSSR count). The SMILES string of the molecule is CC(C)[C@@H](CO)NC(=O)c1nn(-c2cc(Cl)ccn2)c2c1C[C@H]1C[C@@H]21. The number of carbonyl (C=O) groups excluding carboxylic acids is 1. The van der Waals surface area contributed by atoms with Gasteiger partial charge in [-0.15, -0.1) is 0 Å². The molecule has 0 unspecified atom stereocenters. The Morgan fingerprint density at radius 1 is 1.52 bits per heavy atom. The van der Waals surface area contributed by atoms with Gasteiger partial charge in [0.1, 0.15) is 0 Å². The number of amides is 1. The van der Waals surface area contributed by atoms with E-state index in [2.05, 4.69) is 15.4 Å². The van der Waals surface area contributed by atoms with E-state index in [1.54, 1.807) is 23.0 Å². The van der Waals surface area contributed by atoms with Crippen LogP contribution in [0.2, 0.25) is 5.02 Å². The summed E-state index contributed by atoms with van der Waals surface area (Å²) in [6.45, 7) is 3.85. The maximum absolute atomic E-state index is 12.8. The summed E-state index contributed by atoms with van der Waals surface area (Å²) < 4.78 is 1.77. The molecule has 132 valence electrons. The third-order valence-electron chi connectivity index (χ3n) is 5.22. The van der Waals surface area contributed by atoms with Crippen molar-refractivity contribution in [2.45, 2.75) is 38.6 Å². The molecule has 3 atom stereocenters. The number of carbonyl (C=O) groups is 1. The van der Waals surface area contributed by atoms with Crippen LogP contribution in [0.1, 0.15) is 47.9 Å². The molecule has 0 bridgehead atoms. The number of fused-ring (bicyclic) bond motifs is 3. The molecule has 1 fully saturated rings. The molecule has 0 radical (unpaired) electrons. The number of pyridine rings is 1. The van der Waals surface area contributed by atoms with Crippen molar-refractivity contribution in [3.05, 3.63) is 40.3 Å². The standard InChI is InChI=1S/C18H21ClN4O2/c1-9(2)14(8-24)21-18(25)16-13-6-10-5-12(10)17(13)23(22-16)15-7-11(19)3-4-20-15/h3-4,7,9-10,12,14,24H,5-6,8H2,1-2H3,(H,21,25)/t10-,12-,14-/m1/s1. The van der Waals surface area contributed by atoms with E-state index in [0.29, 0.717) is 28.4 Å². The van der Waals surface area contributed by atoms with Crippen LogP contribution in [0.25, 0.3) is 5.82 Å². The first-order chi connectivity index (χ1) is 12.0. The van der Waals surface area contributed by atoms with Crippen molar-refractivity contribution in [3.8, 4) is 5.82 Å². The van der Waals surface area contributed by atoms with Crippen LogP contribution in [-0.2, 0) is 6.42 Å². The Hall–Kier alpha value is -1.92. The number of aliphatic hydroxyl groups is 1. The highest BCUT2D eigenvalue weighted by molar-refractivity contribution is 6.30. The average Bonchev–Trinajstić information content (AvgIpc) is 3.08. The normalized spacial score (nSPS) is 21.8. The van der Waals surface area contributed by atoms with E-state index in [0.717, 1.165) is 24.1 Å². The summed E-state index contributed by atoms with van der Waals surface area (Å²) in [5.41, 5.74) is 2.55. The van der Waals surface area contributed by atoms with Gasteiger partial charge in [-0.3, -0.25) is 4.79 Å². The van der Waals surface area contributed by atoms with Gasteiger partial charge in [0.2, 0.25) is 0 Å². The zero-order chi connectivity index (χ0) is 17.7. The molecule has 2 aliphatic rings. The Balaban J connectivity index is 1.72. The molecule has 0 spiro atoms. The van der Waals surface area contributed by atoms with E-state index in [9.17, 15) is 9.90 Å². The van der Waals surface area contributed by atoms with Gasteiger partial charge in [-0.05, 0) is 30.7 Å². The van der Waals surface area contributed by atoms with Crippen LogP contribution in [-0.4, -0.2) is 38.4 Å². The quantitative estimate of drug-likeness (QED) is 0.857. The van der Waals surface area contributed by atoms with Crippen LogP contribution >= 0.6 is 11.6 Å². The van der Waals surface area contributed by atoms with E-state index in [1.807, 2.05) is 13.8 Å². The minimum Gasteiger partial charge on any atom is -0.394 e. The Bertz CT molecular complexity index is 832. The fourth-order valence-electron chi connectivity index (χ4n) is 3.64. The highest BCUT2D eigenvalue weighted by Crippen LogP contribution is 2.57. The number of nitrogens with one attached hydrogen (secondary N) is 1. The minimum atomic E-state index is -0.284. The molecular formula is C18H21ClN4O2. The Morgan fingerprint density at radius 2 is 2.32 bits per heavy atom. The first-order valence-corrected chi connectivity index (χ1v) is 9.02. The molecule has 2 heterocycles. The molecule has 6 nitrogen and oxygen atoms in total. The number of aromatic nitrogens is 3. The lowest BCUT2D eigenvalue weighted by atomic mass is 10.0. The van der Waals surface area contributed by atoms with E-state index in [1.165, 1.54) is 0 Å². The summed E-state index contributed by atoms with van der Waals surface area (Å²) in [5.74, 6) is 1.63. The molecule has 0 aliphatic heterocycles. The number of rotatable bonds is 5. The fourth-order valence-corrected chi connectivity index (χ4v) is 3.80. The summed E-state index contributed by atoms with van der Waals surface area (Å²) in [7, 11) is 0. The van der Waals surface area contributed by atoms with Crippen molar-refractivity contribution >= 4 is 17.5 Å². The summed E-state index contributed by atoms with van der Waals surface area (Å²) in [4.78, 5) is 17.1. The van der Waals surface area contributed by atoms with Crippen molar-refractivity contribution in [3.63, 3.8) is 0 Å². The lowest BCUT2D eigenvalue weighted by Gasteiger charge is -2.19. The number of hydrogen-bond donors (Lipinski definition) is 2. The van der Waals surface area contributed by atoms with Crippen LogP contribution in [0.15, 0.2) is 18.3 Å². The molecule has 1 saturated carbocycles. The van der Waals surface area contributed by atoms with E-state index in [4.69, 9.17) is 11.6 Å². The number of halogens is 1. The number of hydrogen-bond acceptors (Lipinski definition) is 4. The van der Waals surface area contributed by atoms with Crippen LogP contribution in [0.3, 0.4) is 0 Å². The maximum atomic E-state index is 12.8. The summed E-state index contributed by atoms with van der Waals surface area (Å²) in [6.07, 6.45) is 3.67. The van der Waals surface area contributed by atoms with Crippen LogP contribution in [0.4, 0.5) is 0 Å². The molecule has 0 aromatic carbocycles. The Morgan fingerprint density at radius 3 is 3.00 bits per heavy atom. The maximum Gasteiger partial charge on any atom is 0.272 e. The monoisotopic (exact) mass is 360 g/mol. The van der Waals surface area contributed by atoms with Gasteiger partial charge in [0.05, 0.1) is 18.3 Å². The third-order valence-corrected chi connectivity index (χ3v) is 5.46. The molecule has 25 heavy (non-hydrogen) atoms. The second-order valence-corrected chi connectivity index (χ2v) is 7.71. The van der Waals surface area contributed by atoms with Crippen molar-refractivity contribution < 1.29 is 9.90 Å². The van der Waals surface area contributed by atoms with Crippen LogP contribution in [0.5, 0.6) is 0 Å². The van der Waals surface area contributed by atoms with Gasteiger partial charge >= 0.3 is 0 Å². The van der Waals surface area contributed by atoms with Crippen molar-refractivity contribution in [2.24, 2.45) is 11.8 Å². The van der Waals surface area contributed by atoms with E-state index < -0.39 is 0 Å². The molecule has 2 N–H and O–H groups in total. The summed E-state index contributed by atoms with van der Waals surface area (Å²) in [6, 6.07) is 3.20. The molecule has 2 aromatic rings. The Labute approximate surface area is 151 Å². The zero-order valence-corrected chi connectivity index (χ0v) is 15.0. The van der Waals surface area contributed by atoms with Gasteiger partial charge < -0.3 is 10.4 Å². The van der Waals surface area contributed by atoms with Crippen molar-refractivity contribution in [1.29, 1.82) is 0 Å². The van der Waals surface area contributed by atoms with Gasteiger partial charge in [0.15, 0.2) is 11.5 Å². The lowest BCUT2D eigenvalue weighted by molar-refractivity contribution is 0.0890. The minimum absolute atomic E-state index is 0.0899.